The van der Waals surface area contributed by atoms with Crippen LogP contribution < -0.4 is 4.74 Å². The van der Waals surface area contributed by atoms with Crippen molar-refractivity contribution in [2.75, 3.05) is 20.3 Å². The van der Waals surface area contributed by atoms with Gasteiger partial charge in [0.1, 0.15) is 5.75 Å². The van der Waals surface area contributed by atoms with Gasteiger partial charge >= 0.3 is 0 Å². The lowest BCUT2D eigenvalue weighted by atomic mass is 9.76. The molecule has 2 aliphatic carbocycles. The summed E-state index contributed by atoms with van der Waals surface area (Å²) in [6.45, 7) is 1.29. The summed E-state index contributed by atoms with van der Waals surface area (Å²) in [5.74, 6) is 0.801. The van der Waals surface area contributed by atoms with Gasteiger partial charge in [-0.3, -0.25) is 4.79 Å². The molecule has 0 unspecified atom stereocenters. The summed E-state index contributed by atoms with van der Waals surface area (Å²) in [6, 6.07) is 5.87. The Morgan fingerprint density at radius 3 is 2.80 bits per heavy atom. The Morgan fingerprint density at radius 1 is 1.25 bits per heavy atom. The van der Waals surface area contributed by atoms with E-state index in [2.05, 4.69) is 0 Å². The lowest BCUT2D eigenvalue weighted by Gasteiger charge is -2.37. The minimum atomic E-state index is -0.497. The second kappa shape index (κ2) is 4.30. The van der Waals surface area contributed by atoms with Crippen LogP contribution in [0.3, 0.4) is 0 Å². The van der Waals surface area contributed by atoms with Crippen molar-refractivity contribution in [2.45, 2.75) is 31.0 Å². The number of fused-ring (bicyclic) bond motifs is 3. The van der Waals surface area contributed by atoms with Crippen molar-refractivity contribution in [3.05, 3.63) is 29.3 Å². The summed E-state index contributed by atoms with van der Waals surface area (Å²) >= 11 is 0. The quantitative estimate of drug-likeness (QED) is 0.789. The van der Waals surface area contributed by atoms with E-state index in [4.69, 9.17) is 14.2 Å². The van der Waals surface area contributed by atoms with Crippen LogP contribution in [0.2, 0.25) is 0 Å². The van der Waals surface area contributed by atoms with E-state index in [1.165, 1.54) is 5.56 Å². The fraction of sp³-hybridized carbons (Fsp3) is 0.562. The van der Waals surface area contributed by atoms with Crippen molar-refractivity contribution in [1.82, 2.24) is 0 Å². The van der Waals surface area contributed by atoms with E-state index < -0.39 is 5.79 Å². The van der Waals surface area contributed by atoms with Crippen LogP contribution in [0.4, 0.5) is 0 Å². The molecular formula is C16H18O4. The monoisotopic (exact) mass is 274 g/mol. The molecule has 0 amide bonds. The summed E-state index contributed by atoms with van der Waals surface area (Å²) in [4.78, 5) is 12.7. The Balaban J connectivity index is 1.68. The lowest BCUT2D eigenvalue weighted by Crippen LogP contribution is -2.39. The molecule has 1 saturated heterocycles. The van der Waals surface area contributed by atoms with Gasteiger partial charge < -0.3 is 14.2 Å². The lowest BCUT2D eigenvalue weighted by molar-refractivity contribution is -0.185. The van der Waals surface area contributed by atoms with Crippen LogP contribution in [0.5, 0.6) is 5.75 Å². The first kappa shape index (κ1) is 12.4. The number of carbonyl (C=O) groups is 1. The maximum absolute atomic E-state index is 12.7. The zero-order valence-corrected chi connectivity index (χ0v) is 11.6. The standard InChI is InChI=1S/C16H18O4/c1-18-10-2-3-11-12-4-5-16(19-6-7-20-16)9-14(12)15(17)13(11)8-10/h2-3,8,12,14H,4-7,9H2,1H3/t12-,14+/m1/s1. The van der Waals surface area contributed by atoms with E-state index in [9.17, 15) is 4.79 Å². The number of methoxy groups -OCH3 is 1. The summed E-state index contributed by atoms with van der Waals surface area (Å²) in [7, 11) is 1.63. The molecule has 0 aromatic heterocycles. The molecule has 3 aliphatic rings. The Labute approximate surface area is 118 Å². The fourth-order valence-corrected chi connectivity index (χ4v) is 3.96. The summed E-state index contributed by atoms with van der Waals surface area (Å²) in [6.07, 6.45) is 2.52. The van der Waals surface area contributed by atoms with Crippen molar-refractivity contribution in [3.63, 3.8) is 0 Å². The molecule has 0 N–H and O–H groups in total. The first-order chi connectivity index (χ1) is 9.72. The highest BCUT2D eigenvalue weighted by Gasteiger charge is 2.51. The summed E-state index contributed by atoms with van der Waals surface area (Å²) in [5.41, 5.74) is 2.00. The number of hydrogen-bond acceptors (Lipinski definition) is 4. The maximum Gasteiger partial charge on any atom is 0.169 e. The van der Waals surface area contributed by atoms with E-state index >= 15 is 0 Å². The van der Waals surface area contributed by atoms with Crippen molar-refractivity contribution in [1.29, 1.82) is 0 Å². The molecule has 2 atom stereocenters. The molecule has 4 nitrogen and oxygen atoms in total. The highest BCUT2D eigenvalue weighted by Crippen LogP contribution is 2.52. The van der Waals surface area contributed by atoms with Gasteiger partial charge in [0.15, 0.2) is 11.6 Å². The number of Topliss-reactive ketones (excluding diaryl/α,β-unsaturated/α-hetero) is 1. The molecule has 1 aromatic rings. The van der Waals surface area contributed by atoms with Gasteiger partial charge in [0.05, 0.1) is 20.3 Å². The van der Waals surface area contributed by atoms with Crippen LogP contribution in [-0.2, 0) is 9.47 Å². The van der Waals surface area contributed by atoms with Crippen molar-refractivity contribution >= 4 is 5.78 Å². The molecule has 106 valence electrons. The van der Waals surface area contributed by atoms with Crippen LogP contribution in [0.1, 0.15) is 41.1 Å². The predicted octanol–water partition coefficient (Wildman–Crippen LogP) is 2.52. The van der Waals surface area contributed by atoms with Crippen LogP contribution in [0.25, 0.3) is 0 Å². The van der Waals surface area contributed by atoms with Crippen LogP contribution >= 0.6 is 0 Å². The molecule has 1 spiro atoms. The molecule has 1 aliphatic heterocycles. The third-order valence-corrected chi connectivity index (χ3v) is 4.93. The molecule has 20 heavy (non-hydrogen) atoms. The average molecular weight is 274 g/mol. The first-order valence-corrected chi connectivity index (χ1v) is 7.22. The third-order valence-electron chi connectivity index (χ3n) is 4.93. The third kappa shape index (κ3) is 1.64. The van der Waals surface area contributed by atoms with Gasteiger partial charge in [-0.25, -0.2) is 0 Å². The molecule has 0 bridgehead atoms. The maximum atomic E-state index is 12.7. The predicted molar refractivity (Wildman–Crippen MR) is 72.0 cm³/mol. The molecule has 1 aromatic carbocycles. The largest absolute Gasteiger partial charge is 0.497 e. The second-order valence-corrected chi connectivity index (χ2v) is 5.88. The Bertz CT molecular complexity index is 560. The molecule has 2 fully saturated rings. The van der Waals surface area contributed by atoms with E-state index in [0.29, 0.717) is 25.6 Å². The van der Waals surface area contributed by atoms with Crippen LogP contribution in [-0.4, -0.2) is 31.9 Å². The Kier molecular flexibility index (Phi) is 2.66. The van der Waals surface area contributed by atoms with Gasteiger partial charge in [-0.1, -0.05) is 6.07 Å². The van der Waals surface area contributed by atoms with Gasteiger partial charge in [-0.15, -0.1) is 0 Å². The van der Waals surface area contributed by atoms with E-state index in [1.54, 1.807) is 7.11 Å². The van der Waals surface area contributed by atoms with Gasteiger partial charge in [0.25, 0.3) is 0 Å². The zero-order chi connectivity index (χ0) is 13.7. The normalized spacial score (nSPS) is 30.4. The molecule has 1 saturated carbocycles. The van der Waals surface area contributed by atoms with Gasteiger partial charge in [0, 0.05) is 24.3 Å². The van der Waals surface area contributed by atoms with E-state index in [0.717, 1.165) is 24.2 Å². The smallest absolute Gasteiger partial charge is 0.169 e. The summed E-state index contributed by atoms with van der Waals surface area (Å²) in [5, 5.41) is 0. The zero-order valence-electron chi connectivity index (χ0n) is 11.6. The minimum Gasteiger partial charge on any atom is -0.497 e. The summed E-state index contributed by atoms with van der Waals surface area (Å²) < 4.78 is 16.8. The Hall–Kier alpha value is -1.39. The SMILES string of the molecule is COc1ccc2c(c1)C(=O)[C@H]1CC3(CC[C@H]21)OCCO3. The minimum absolute atomic E-state index is 0.00366. The van der Waals surface area contributed by atoms with Crippen molar-refractivity contribution in [2.24, 2.45) is 5.92 Å². The fourth-order valence-electron chi connectivity index (χ4n) is 3.96. The average Bonchev–Trinajstić information content (AvgIpc) is 3.04. The molecule has 4 rings (SSSR count). The number of carbonyl (C=O) groups excluding carboxylic acids is 1. The molecular weight excluding hydrogens is 256 g/mol. The van der Waals surface area contributed by atoms with Gasteiger partial charge in [0.2, 0.25) is 0 Å². The number of ketones is 1. The Morgan fingerprint density at radius 2 is 2.05 bits per heavy atom. The highest BCUT2D eigenvalue weighted by atomic mass is 16.7. The van der Waals surface area contributed by atoms with Gasteiger partial charge in [-0.05, 0) is 30.0 Å². The van der Waals surface area contributed by atoms with Gasteiger partial charge in [-0.2, -0.15) is 0 Å². The molecule has 1 heterocycles. The van der Waals surface area contributed by atoms with Crippen LogP contribution in [0.15, 0.2) is 18.2 Å². The van der Waals surface area contributed by atoms with Crippen molar-refractivity contribution < 1.29 is 19.0 Å². The number of ether oxygens (including phenoxy) is 3. The number of hydrogen-bond donors (Lipinski definition) is 0. The van der Waals surface area contributed by atoms with E-state index in [1.807, 2.05) is 18.2 Å². The van der Waals surface area contributed by atoms with Crippen LogP contribution in [0, 0.1) is 5.92 Å². The number of benzene rings is 1. The topological polar surface area (TPSA) is 44.8 Å². The second-order valence-electron chi connectivity index (χ2n) is 5.88. The van der Waals surface area contributed by atoms with Crippen molar-refractivity contribution in [3.8, 4) is 5.75 Å². The first-order valence-electron chi connectivity index (χ1n) is 7.22. The highest BCUT2D eigenvalue weighted by molar-refractivity contribution is 6.03. The van der Waals surface area contributed by atoms with E-state index in [-0.39, 0.29) is 11.7 Å². The number of rotatable bonds is 1. The molecule has 0 radical (unpaired) electrons. The molecule has 4 heteroatoms.